The van der Waals surface area contributed by atoms with Gasteiger partial charge in [0.1, 0.15) is 6.10 Å². The highest BCUT2D eigenvalue weighted by Crippen LogP contribution is 2.55. The van der Waals surface area contributed by atoms with Gasteiger partial charge >= 0.3 is 24.0 Å². The van der Waals surface area contributed by atoms with E-state index in [0.29, 0.717) is 37.5 Å². The highest BCUT2D eigenvalue weighted by molar-refractivity contribution is 5.79. The monoisotopic (exact) mass is 348 g/mol. The molecule has 0 amide bonds. The van der Waals surface area contributed by atoms with Gasteiger partial charge in [-0.2, -0.15) is 30.7 Å². The molecule has 0 saturated heterocycles. The Morgan fingerprint density at radius 1 is 0.783 bits per heavy atom. The second kappa shape index (κ2) is 4.99. The summed E-state index contributed by atoms with van der Waals surface area (Å²) < 4.78 is 93.4. The fraction of sp³-hybridized carbons (Fsp3) is 0.929. The number of hydrogen-bond acceptors (Lipinski definition) is 2. The van der Waals surface area contributed by atoms with Crippen molar-refractivity contribution in [3.8, 4) is 0 Å². The van der Waals surface area contributed by atoms with E-state index in [1.54, 1.807) is 0 Å². The SMILES string of the molecule is O=C(OC1C2CC3CC(C2)CC1C3)C(F)(F)C(F)(F)C(F)(F)F. The third-order valence-electron chi connectivity index (χ3n) is 5.39. The highest BCUT2D eigenvalue weighted by atomic mass is 19.4. The van der Waals surface area contributed by atoms with E-state index in [1.807, 2.05) is 0 Å². The molecule has 0 spiro atoms. The summed E-state index contributed by atoms with van der Waals surface area (Å²) in [5.41, 5.74) is 0. The lowest BCUT2D eigenvalue weighted by Gasteiger charge is -2.53. The van der Waals surface area contributed by atoms with Crippen molar-refractivity contribution < 1.29 is 40.3 Å². The summed E-state index contributed by atoms with van der Waals surface area (Å²) in [6.07, 6.45) is -3.91. The molecule has 4 saturated carbocycles. The number of carbonyl (C=O) groups excluding carboxylic acids is 1. The Morgan fingerprint density at radius 2 is 1.22 bits per heavy atom. The molecule has 4 bridgehead atoms. The molecule has 0 radical (unpaired) electrons. The summed E-state index contributed by atoms with van der Waals surface area (Å²) in [6.45, 7) is 0. The van der Waals surface area contributed by atoms with Crippen molar-refractivity contribution in [2.24, 2.45) is 23.7 Å². The first kappa shape index (κ1) is 16.8. The Bertz CT molecular complexity index is 472. The minimum Gasteiger partial charge on any atom is -0.457 e. The van der Waals surface area contributed by atoms with E-state index < -0.39 is 30.1 Å². The van der Waals surface area contributed by atoms with Gasteiger partial charge in [0.15, 0.2) is 0 Å². The van der Waals surface area contributed by atoms with E-state index in [2.05, 4.69) is 4.74 Å². The van der Waals surface area contributed by atoms with Crippen molar-refractivity contribution in [3.63, 3.8) is 0 Å². The third-order valence-corrected chi connectivity index (χ3v) is 5.39. The molecule has 132 valence electrons. The van der Waals surface area contributed by atoms with Crippen LogP contribution >= 0.6 is 0 Å². The molecular weight excluding hydrogens is 333 g/mol. The molecule has 4 rings (SSSR count). The number of esters is 1. The summed E-state index contributed by atoms with van der Waals surface area (Å²) in [7, 11) is 0. The molecule has 0 aromatic rings. The molecule has 4 aliphatic rings. The first-order valence-corrected chi connectivity index (χ1v) is 7.47. The molecule has 0 aromatic carbocycles. The first-order valence-electron chi connectivity index (χ1n) is 7.47. The van der Waals surface area contributed by atoms with Gasteiger partial charge in [0, 0.05) is 0 Å². The Kier molecular flexibility index (Phi) is 3.65. The van der Waals surface area contributed by atoms with E-state index in [-0.39, 0.29) is 11.8 Å². The maximum absolute atomic E-state index is 13.4. The Hall–Kier alpha value is -1.02. The van der Waals surface area contributed by atoms with Crippen molar-refractivity contribution in [3.05, 3.63) is 0 Å². The van der Waals surface area contributed by atoms with Gasteiger partial charge < -0.3 is 4.74 Å². The van der Waals surface area contributed by atoms with Crippen LogP contribution in [0.15, 0.2) is 0 Å². The van der Waals surface area contributed by atoms with Crippen LogP contribution in [-0.4, -0.2) is 30.1 Å². The summed E-state index contributed by atoms with van der Waals surface area (Å²) in [5.74, 6) is -14.8. The van der Waals surface area contributed by atoms with Gasteiger partial charge in [-0.25, -0.2) is 4.79 Å². The van der Waals surface area contributed by atoms with Gasteiger partial charge in [-0.05, 0) is 55.8 Å². The quantitative estimate of drug-likeness (QED) is 0.565. The fourth-order valence-corrected chi connectivity index (χ4v) is 4.57. The average molecular weight is 348 g/mol. The highest BCUT2D eigenvalue weighted by Gasteiger charge is 2.77. The van der Waals surface area contributed by atoms with Crippen LogP contribution in [-0.2, 0) is 9.53 Å². The number of alkyl halides is 7. The largest absolute Gasteiger partial charge is 0.460 e. The van der Waals surface area contributed by atoms with Crippen LogP contribution in [0.5, 0.6) is 0 Å². The molecule has 0 heterocycles. The zero-order valence-corrected chi connectivity index (χ0v) is 11.9. The van der Waals surface area contributed by atoms with Gasteiger partial charge in [-0.1, -0.05) is 0 Å². The van der Waals surface area contributed by atoms with Crippen LogP contribution in [0.2, 0.25) is 0 Å². The molecule has 23 heavy (non-hydrogen) atoms. The molecule has 0 N–H and O–H groups in total. The number of rotatable bonds is 3. The van der Waals surface area contributed by atoms with Crippen molar-refractivity contribution in [1.29, 1.82) is 0 Å². The van der Waals surface area contributed by atoms with Gasteiger partial charge in [0.25, 0.3) is 0 Å². The summed E-state index contributed by atoms with van der Waals surface area (Å²) in [4.78, 5) is 11.4. The normalized spacial score (nSPS) is 37.1. The fourth-order valence-electron chi connectivity index (χ4n) is 4.57. The van der Waals surface area contributed by atoms with Crippen LogP contribution in [0.3, 0.4) is 0 Å². The minimum atomic E-state index is -6.53. The maximum Gasteiger partial charge on any atom is 0.460 e. The van der Waals surface area contributed by atoms with E-state index in [4.69, 9.17) is 0 Å². The van der Waals surface area contributed by atoms with E-state index in [1.165, 1.54) is 0 Å². The molecule has 4 aliphatic carbocycles. The second-order valence-corrected chi connectivity index (χ2v) is 6.95. The smallest absolute Gasteiger partial charge is 0.457 e. The predicted molar refractivity (Wildman–Crippen MR) is 62.9 cm³/mol. The minimum absolute atomic E-state index is 0.217. The van der Waals surface area contributed by atoms with Crippen molar-refractivity contribution >= 4 is 5.97 Å². The topological polar surface area (TPSA) is 26.3 Å². The zero-order chi connectivity index (χ0) is 17.2. The summed E-state index contributed by atoms with van der Waals surface area (Å²) in [6, 6.07) is 0. The van der Waals surface area contributed by atoms with Gasteiger partial charge in [-0.3, -0.25) is 0 Å². The van der Waals surface area contributed by atoms with Gasteiger partial charge in [0.2, 0.25) is 0 Å². The van der Waals surface area contributed by atoms with E-state index in [9.17, 15) is 35.5 Å². The standard InChI is InChI=1S/C14H15F7O2/c15-12(16,13(17,18)14(19,20)21)11(22)23-10-8-2-6-1-7(4-8)5-9(10)3-6/h6-10H,1-5H2. The average Bonchev–Trinajstić information content (AvgIpc) is 2.40. The lowest BCUT2D eigenvalue weighted by molar-refractivity contribution is -0.350. The predicted octanol–water partition coefficient (Wildman–Crippen LogP) is 4.19. The lowest BCUT2D eigenvalue weighted by Crippen LogP contribution is -2.59. The Balaban J connectivity index is 1.74. The van der Waals surface area contributed by atoms with E-state index in [0.717, 1.165) is 6.42 Å². The molecule has 0 unspecified atom stereocenters. The molecule has 0 aliphatic heterocycles. The van der Waals surface area contributed by atoms with Crippen LogP contribution < -0.4 is 0 Å². The molecule has 0 atom stereocenters. The van der Waals surface area contributed by atoms with Crippen LogP contribution in [0.25, 0.3) is 0 Å². The van der Waals surface area contributed by atoms with Crippen LogP contribution in [0, 0.1) is 23.7 Å². The summed E-state index contributed by atoms with van der Waals surface area (Å²) in [5, 5.41) is 0. The van der Waals surface area contributed by atoms with Gasteiger partial charge in [-0.15, -0.1) is 0 Å². The number of carbonyl (C=O) groups is 1. The molecule has 4 fully saturated rings. The summed E-state index contributed by atoms with van der Waals surface area (Å²) >= 11 is 0. The third kappa shape index (κ3) is 2.50. The maximum atomic E-state index is 13.4. The van der Waals surface area contributed by atoms with E-state index >= 15 is 0 Å². The first-order chi connectivity index (χ1) is 10.4. The van der Waals surface area contributed by atoms with Crippen molar-refractivity contribution in [2.45, 2.75) is 56.2 Å². The van der Waals surface area contributed by atoms with Crippen molar-refractivity contribution in [2.75, 3.05) is 0 Å². The molecule has 2 nitrogen and oxygen atoms in total. The zero-order valence-electron chi connectivity index (χ0n) is 11.9. The second-order valence-electron chi connectivity index (χ2n) is 6.95. The molecular formula is C14H15F7O2. The molecule has 0 aromatic heterocycles. The van der Waals surface area contributed by atoms with Gasteiger partial charge in [0.05, 0.1) is 0 Å². The van der Waals surface area contributed by atoms with Crippen molar-refractivity contribution in [1.82, 2.24) is 0 Å². The number of ether oxygens (including phenoxy) is 1. The number of halogens is 7. The Labute approximate surface area is 127 Å². The number of hydrogen-bond donors (Lipinski definition) is 0. The Morgan fingerprint density at radius 3 is 1.61 bits per heavy atom. The lowest BCUT2D eigenvalue weighted by atomic mass is 9.55. The molecule has 9 heteroatoms. The van der Waals surface area contributed by atoms with Crippen LogP contribution in [0.1, 0.15) is 32.1 Å². The van der Waals surface area contributed by atoms with Crippen LogP contribution in [0.4, 0.5) is 30.7 Å².